The van der Waals surface area contributed by atoms with Gasteiger partial charge in [-0.1, -0.05) is 12.1 Å². The van der Waals surface area contributed by atoms with Gasteiger partial charge >= 0.3 is 6.03 Å². The van der Waals surface area contributed by atoms with Gasteiger partial charge in [-0.3, -0.25) is 14.9 Å². The van der Waals surface area contributed by atoms with Crippen LogP contribution in [0.1, 0.15) is 24.2 Å². The average molecular weight is 250 g/mol. The largest absolute Gasteiger partial charge is 0.480 e. The zero-order chi connectivity index (χ0) is 13.7. The molecule has 1 rings (SSSR count). The van der Waals surface area contributed by atoms with Crippen molar-refractivity contribution in [3.05, 3.63) is 29.8 Å². The topological polar surface area (TPSA) is 98.5 Å². The first-order valence-corrected chi connectivity index (χ1v) is 5.28. The third-order valence-electron chi connectivity index (χ3n) is 2.19. The first-order chi connectivity index (χ1) is 8.41. The number of hydrogen-bond donors (Lipinski definition) is 2. The Morgan fingerprint density at radius 1 is 1.28 bits per heavy atom. The second-order valence-corrected chi connectivity index (χ2v) is 3.67. The summed E-state index contributed by atoms with van der Waals surface area (Å²) in [6, 6.07) is 5.59. The van der Waals surface area contributed by atoms with E-state index in [0.717, 1.165) is 0 Å². The zero-order valence-electron chi connectivity index (χ0n) is 10.1. The normalized spacial score (nSPS) is 11.4. The number of carbonyl (C=O) groups is 3. The van der Waals surface area contributed by atoms with Crippen molar-refractivity contribution in [3.63, 3.8) is 0 Å². The highest BCUT2D eigenvalue weighted by molar-refractivity contribution is 5.98. The number of rotatable bonds is 4. The van der Waals surface area contributed by atoms with Gasteiger partial charge in [-0.2, -0.15) is 0 Å². The number of para-hydroxylation sites is 1. The van der Waals surface area contributed by atoms with Gasteiger partial charge in [-0.15, -0.1) is 0 Å². The number of carbonyl (C=O) groups excluding carboxylic acids is 3. The van der Waals surface area contributed by atoms with Crippen molar-refractivity contribution in [2.75, 3.05) is 0 Å². The van der Waals surface area contributed by atoms with Crippen molar-refractivity contribution in [2.24, 2.45) is 5.73 Å². The standard InChI is InChI=1S/C12H14N2O4/c1-7(15)9-5-3-4-6-10(9)18-8(2)11(16)14-12(13)17/h3-6,8H,1-2H3,(H3,13,14,16,17). The third kappa shape index (κ3) is 3.58. The van der Waals surface area contributed by atoms with Crippen LogP contribution in [0.5, 0.6) is 5.75 Å². The summed E-state index contributed by atoms with van der Waals surface area (Å²) in [5, 5.41) is 1.90. The van der Waals surface area contributed by atoms with Crippen molar-refractivity contribution in [1.82, 2.24) is 5.32 Å². The summed E-state index contributed by atoms with van der Waals surface area (Å²) in [6.07, 6.45) is -0.932. The first kappa shape index (κ1) is 13.7. The van der Waals surface area contributed by atoms with Crippen LogP contribution in [-0.2, 0) is 4.79 Å². The fourth-order valence-corrected chi connectivity index (χ4v) is 1.33. The Morgan fingerprint density at radius 2 is 1.89 bits per heavy atom. The fourth-order valence-electron chi connectivity index (χ4n) is 1.33. The number of nitrogens with two attached hydrogens (primary N) is 1. The molecule has 3 amide bonds. The first-order valence-electron chi connectivity index (χ1n) is 5.28. The SMILES string of the molecule is CC(=O)c1ccccc1OC(C)C(=O)NC(N)=O. The van der Waals surface area contributed by atoms with Gasteiger partial charge < -0.3 is 10.5 Å². The van der Waals surface area contributed by atoms with Crippen LogP contribution in [0.3, 0.4) is 0 Å². The lowest BCUT2D eigenvalue weighted by Crippen LogP contribution is -2.42. The highest BCUT2D eigenvalue weighted by Gasteiger charge is 2.18. The molecule has 96 valence electrons. The molecule has 1 atom stereocenters. The molecule has 0 heterocycles. The second-order valence-electron chi connectivity index (χ2n) is 3.67. The third-order valence-corrected chi connectivity index (χ3v) is 2.19. The molecule has 0 aliphatic rings. The maximum absolute atomic E-state index is 11.4. The molecule has 1 aromatic rings. The average Bonchev–Trinajstić information content (AvgIpc) is 2.28. The molecule has 6 heteroatoms. The van der Waals surface area contributed by atoms with Crippen molar-refractivity contribution in [3.8, 4) is 5.75 Å². The maximum atomic E-state index is 11.4. The monoisotopic (exact) mass is 250 g/mol. The number of primary amides is 1. The molecular formula is C12H14N2O4. The summed E-state index contributed by atoms with van der Waals surface area (Å²) >= 11 is 0. The van der Waals surface area contributed by atoms with E-state index in [1.54, 1.807) is 24.3 Å². The van der Waals surface area contributed by atoms with E-state index in [1.165, 1.54) is 13.8 Å². The van der Waals surface area contributed by atoms with Gasteiger partial charge in [0.2, 0.25) is 0 Å². The maximum Gasteiger partial charge on any atom is 0.318 e. The smallest absolute Gasteiger partial charge is 0.318 e. The molecule has 0 aliphatic carbocycles. The molecule has 0 spiro atoms. The number of ketones is 1. The Bertz CT molecular complexity index is 485. The number of Topliss-reactive ketones (excluding diaryl/α,β-unsaturated/α-hetero) is 1. The van der Waals surface area contributed by atoms with E-state index in [2.05, 4.69) is 0 Å². The molecule has 0 radical (unpaired) electrons. The van der Waals surface area contributed by atoms with Crippen molar-refractivity contribution in [2.45, 2.75) is 20.0 Å². The van der Waals surface area contributed by atoms with Crippen molar-refractivity contribution >= 4 is 17.7 Å². The van der Waals surface area contributed by atoms with Crippen molar-refractivity contribution < 1.29 is 19.1 Å². The van der Waals surface area contributed by atoms with Gasteiger partial charge in [0.1, 0.15) is 5.75 Å². The van der Waals surface area contributed by atoms with Crippen LogP contribution in [0.2, 0.25) is 0 Å². The Balaban J connectivity index is 2.81. The van der Waals surface area contributed by atoms with E-state index in [1.807, 2.05) is 5.32 Å². The highest BCUT2D eigenvalue weighted by atomic mass is 16.5. The predicted molar refractivity (Wildman–Crippen MR) is 64.3 cm³/mol. The minimum Gasteiger partial charge on any atom is -0.480 e. The van der Waals surface area contributed by atoms with E-state index < -0.39 is 18.0 Å². The Morgan fingerprint density at radius 3 is 2.44 bits per heavy atom. The van der Waals surface area contributed by atoms with Crippen LogP contribution in [0, 0.1) is 0 Å². The van der Waals surface area contributed by atoms with Gasteiger partial charge in [-0.25, -0.2) is 4.79 Å². The number of hydrogen-bond acceptors (Lipinski definition) is 4. The summed E-state index contributed by atoms with van der Waals surface area (Å²) in [6.45, 7) is 2.85. The summed E-state index contributed by atoms with van der Waals surface area (Å²) in [7, 11) is 0. The Kier molecular flexibility index (Phi) is 4.42. The Hall–Kier alpha value is -2.37. The molecule has 6 nitrogen and oxygen atoms in total. The molecule has 0 bridgehead atoms. The summed E-state index contributed by atoms with van der Waals surface area (Å²) in [4.78, 5) is 33.3. The van der Waals surface area contributed by atoms with E-state index in [4.69, 9.17) is 10.5 Å². The second kappa shape index (κ2) is 5.81. The summed E-state index contributed by atoms with van der Waals surface area (Å²) in [5.74, 6) is -0.550. The Labute approximate surface area is 104 Å². The van der Waals surface area contributed by atoms with E-state index >= 15 is 0 Å². The number of amides is 3. The number of benzene rings is 1. The van der Waals surface area contributed by atoms with E-state index in [0.29, 0.717) is 5.56 Å². The van der Waals surface area contributed by atoms with Gasteiger partial charge in [0.05, 0.1) is 5.56 Å². The fraction of sp³-hybridized carbons (Fsp3) is 0.250. The zero-order valence-corrected chi connectivity index (χ0v) is 10.1. The molecule has 0 saturated heterocycles. The quantitative estimate of drug-likeness (QED) is 0.774. The van der Waals surface area contributed by atoms with Gasteiger partial charge in [-0.05, 0) is 26.0 Å². The summed E-state index contributed by atoms with van der Waals surface area (Å²) < 4.78 is 5.33. The van der Waals surface area contributed by atoms with Crippen LogP contribution < -0.4 is 15.8 Å². The minimum absolute atomic E-state index is 0.173. The van der Waals surface area contributed by atoms with Gasteiger partial charge in [0.15, 0.2) is 11.9 Å². The van der Waals surface area contributed by atoms with E-state index in [9.17, 15) is 14.4 Å². The molecule has 0 saturated carbocycles. The van der Waals surface area contributed by atoms with E-state index in [-0.39, 0.29) is 11.5 Å². The molecule has 0 aromatic heterocycles. The molecule has 18 heavy (non-hydrogen) atoms. The molecule has 1 unspecified atom stereocenters. The number of urea groups is 1. The predicted octanol–water partition coefficient (Wildman–Crippen LogP) is 0.851. The molecule has 0 aliphatic heterocycles. The van der Waals surface area contributed by atoms with Crippen LogP contribution in [0.4, 0.5) is 4.79 Å². The van der Waals surface area contributed by atoms with Crippen LogP contribution >= 0.6 is 0 Å². The number of nitrogens with one attached hydrogen (secondary N) is 1. The minimum atomic E-state index is -0.949. The van der Waals surface area contributed by atoms with Crippen LogP contribution in [-0.4, -0.2) is 23.8 Å². The number of imide groups is 1. The van der Waals surface area contributed by atoms with Gasteiger partial charge in [0.25, 0.3) is 5.91 Å². The van der Waals surface area contributed by atoms with Crippen LogP contribution in [0.25, 0.3) is 0 Å². The molecular weight excluding hydrogens is 236 g/mol. The number of ether oxygens (including phenoxy) is 1. The van der Waals surface area contributed by atoms with Gasteiger partial charge in [0, 0.05) is 0 Å². The molecule has 1 aromatic carbocycles. The lowest BCUT2D eigenvalue weighted by atomic mass is 10.1. The molecule has 3 N–H and O–H groups in total. The lowest BCUT2D eigenvalue weighted by molar-refractivity contribution is -0.126. The van der Waals surface area contributed by atoms with Crippen LogP contribution in [0.15, 0.2) is 24.3 Å². The highest BCUT2D eigenvalue weighted by Crippen LogP contribution is 2.19. The van der Waals surface area contributed by atoms with Crippen molar-refractivity contribution in [1.29, 1.82) is 0 Å². The lowest BCUT2D eigenvalue weighted by Gasteiger charge is -2.15. The molecule has 0 fully saturated rings. The summed E-state index contributed by atoms with van der Waals surface area (Å²) in [5.41, 5.74) is 5.19.